The van der Waals surface area contributed by atoms with E-state index in [1.807, 2.05) is 0 Å². The topological polar surface area (TPSA) is 61.7 Å². The molecule has 0 spiro atoms. The molecular formula is C17H13BrClFN2O2. The van der Waals surface area contributed by atoms with Crippen molar-refractivity contribution in [2.75, 3.05) is 10.6 Å². The Hall–Kier alpha value is -1.92. The number of nitrogens with zero attached hydrogens (tertiary/aromatic N) is 1. The highest BCUT2D eigenvalue weighted by Crippen LogP contribution is 2.35. The third-order valence-electron chi connectivity index (χ3n) is 3.72. The van der Waals surface area contributed by atoms with Crippen LogP contribution in [0.2, 0.25) is 5.02 Å². The monoisotopic (exact) mass is 410 g/mol. The Balaban J connectivity index is 2.24. The summed E-state index contributed by atoms with van der Waals surface area (Å²) in [6.45, 7) is 0. The molecule has 4 nitrogen and oxygen atoms in total. The van der Waals surface area contributed by atoms with Gasteiger partial charge in [-0.1, -0.05) is 39.7 Å². The molecule has 7 heteroatoms. The maximum atomic E-state index is 14.3. The van der Waals surface area contributed by atoms with Gasteiger partial charge in [0.2, 0.25) is 0 Å². The Labute approximate surface area is 151 Å². The number of fused-ring (bicyclic) bond motifs is 1. The molecule has 2 aromatic rings. The Bertz CT molecular complexity index is 843. The second-order valence-corrected chi connectivity index (χ2v) is 6.49. The second-order valence-electron chi connectivity index (χ2n) is 5.49. The largest absolute Gasteiger partial charge is 0.481 e. The predicted octanol–water partition coefficient (Wildman–Crippen LogP) is 4.31. The molecule has 1 aliphatic rings. The first-order valence-electron chi connectivity index (χ1n) is 7.15. The summed E-state index contributed by atoms with van der Waals surface area (Å²) in [5, 5.41) is 13.1. The molecule has 3 rings (SSSR count). The van der Waals surface area contributed by atoms with Crippen molar-refractivity contribution in [2.24, 2.45) is 4.99 Å². The van der Waals surface area contributed by atoms with Crippen LogP contribution >= 0.6 is 27.5 Å². The molecule has 1 heterocycles. The van der Waals surface area contributed by atoms with Crippen LogP contribution in [0.4, 0.5) is 10.1 Å². The van der Waals surface area contributed by atoms with E-state index in [-0.39, 0.29) is 11.8 Å². The van der Waals surface area contributed by atoms with Crippen LogP contribution in [-0.2, 0) is 4.79 Å². The smallest absolute Gasteiger partial charge is 0.307 e. The lowest BCUT2D eigenvalue weighted by Gasteiger charge is -2.35. The molecule has 0 radical (unpaired) electrons. The highest BCUT2D eigenvalue weighted by atomic mass is 79.9. The zero-order valence-electron chi connectivity index (χ0n) is 12.4. The minimum atomic E-state index is -1.11. The lowest BCUT2D eigenvalue weighted by atomic mass is 9.94. The number of hydrogen-bond acceptors (Lipinski definition) is 3. The van der Waals surface area contributed by atoms with Crippen LogP contribution in [-0.4, -0.2) is 27.8 Å². The van der Waals surface area contributed by atoms with Gasteiger partial charge >= 0.3 is 5.97 Å². The molecule has 124 valence electrons. The van der Waals surface area contributed by atoms with E-state index in [2.05, 4.69) is 26.2 Å². The zero-order chi connectivity index (χ0) is 17.3. The summed E-state index contributed by atoms with van der Waals surface area (Å²) in [6, 6.07) is 11.4. The fourth-order valence-corrected chi connectivity index (χ4v) is 3.31. The minimum absolute atomic E-state index is 0.252. The summed E-state index contributed by atoms with van der Waals surface area (Å²) in [7, 11) is 0. The summed E-state index contributed by atoms with van der Waals surface area (Å²) in [4.78, 5) is 15.8. The van der Waals surface area contributed by atoms with Crippen molar-refractivity contribution < 1.29 is 14.3 Å². The number of nitrogens with one attached hydrogen (secondary N) is 1. The molecule has 0 bridgehead atoms. The van der Waals surface area contributed by atoms with Crippen LogP contribution < -0.4 is 5.32 Å². The molecule has 2 N–H and O–H groups in total. The number of carboxylic acids is 1. The number of aliphatic imine (C=N–C) groups is 1. The van der Waals surface area contributed by atoms with Gasteiger partial charge in [-0.2, -0.15) is 0 Å². The van der Waals surface area contributed by atoms with Crippen LogP contribution in [0.5, 0.6) is 0 Å². The highest BCUT2D eigenvalue weighted by molar-refractivity contribution is 9.09. The van der Waals surface area contributed by atoms with E-state index < -0.39 is 17.4 Å². The molecular weight excluding hydrogens is 399 g/mol. The summed E-state index contributed by atoms with van der Waals surface area (Å²) >= 11 is 9.41. The van der Waals surface area contributed by atoms with Crippen molar-refractivity contribution in [3.8, 4) is 0 Å². The minimum Gasteiger partial charge on any atom is -0.481 e. The number of alkyl halides is 1. The molecule has 0 amide bonds. The first-order chi connectivity index (χ1) is 11.4. The zero-order valence-corrected chi connectivity index (χ0v) is 14.7. The first kappa shape index (κ1) is 16.9. The fraction of sp³-hybridized carbons (Fsp3) is 0.176. The predicted molar refractivity (Wildman–Crippen MR) is 95.9 cm³/mol. The van der Waals surface area contributed by atoms with E-state index in [1.165, 1.54) is 6.07 Å². The average molecular weight is 412 g/mol. The van der Waals surface area contributed by atoms with E-state index in [9.17, 15) is 14.3 Å². The maximum absolute atomic E-state index is 14.3. The average Bonchev–Trinajstić information content (AvgIpc) is 2.54. The van der Waals surface area contributed by atoms with Crippen molar-refractivity contribution in [2.45, 2.75) is 12.1 Å². The lowest BCUT2D eigenvalue weighted by molar-refractivity contribution is -0.137. The van der Waals surface area contributed by atoms with Crippen LogP contribution in [0.15, 0.2) is 47.5 Å². The number of carbonyl (C=O) groups is 1. The Kier molecular flexibility index (Phi) is 4.60. The van der Waals surface area contributed by atoms with Crippen molar-refractivity contribution in [1.82, 2.24) is 0 Å². The van der Waals surface area contributed by atoms with Crippen LogP contribution in [0.1, 0.15) is 17.5 Å². The van der Waals surface area contributed by atoms with Gasteiger partial charge in [0, 0.05) is 27.2 Å². The summed E-state index contributed by atoms with van der Waals surface area (Å²) < 4.78 is 14.3. The van der Waals surface area contributed by atoms with Gasteiger partial charge in [0.1, 0.15) is 5.82 Å². The molecule has 0 fully saturated rings. The van der Waals surface area contributed by atoms with Crippen molar-refractivity contribution in [3.05, 3.63) is 64.4 Å². The van der Waals surface area contributed by atoms with E-state index in [1.54, 1.807) is 36.4 Å². The molecule has 0 saturated carbocycles. The lowest BCUT2D eigenvalue weighted by Crippen LogP contribution is -2.44. The number of aliphatic carboxylic acids is 1. The molecule has 0 aromatic heterocycles. The molecule has 24 heavy (non-hydrogen) atoms. The first-order valence-corrected chi connectivity index (χ1v) is 8.65. The van der Waals surface area contributed by atoms with E-state index in [0.29, 0.717) is 27.5 Å². The SMILES string of the molecule is O=C(O)CC1(CBr)N=C(c2ccccc2F)c2cc(Cl)ccc2N1. The third kappa shape index (κ3) is 3.16. The molecule has 0 saturated heterocycles. The van der Waals surface area contributed by atoms with Crippen LogP contribution in [0.3, 0.4) is 0 Å². The number of carboxylic acid groups (broad SMARTS) is 1. The number of benzene rings is 2. The maximum Gasteiger partial charge on any atom is 0.307 e. The highest BCUT2D eigenvalue weighted by Gasteiger charge is 2.37. The van der Waals surface area contributed by atoms with Gasteiger partial charge in [0.25, 0.3) is 0 Å². The van der Waals surface area contributed by atoms with Gasteiger partial charge in [-0.3, -0.25) is 9.79 Å². The van der Waals surface area contributed by atoms with E-state index >= 15 is 0 Å². The quantitative estimate of drug-likeness (QED) is 0.737. The van der Waals surface area contributed by atoms with Crippen LogP contribution in [0.25, 0.3) is 0 Å². The number of anilines is 1. The summed E-state index contributed by atoms with van der Waals surface area (Å²) in [5.41, 5.74) is 0.871. The van der Waals surface area contributed by atoms with Crippen molar-refractivity contribution >= 4 is 44.9 Å². The fourth-order valence-electron chi connectivity index (χ4n) is 2.68. The third-order valence-corrected chi connectivity index (χ3v) is 4.89. The number of halogens is 3. The number of hydrogen-bond donors (Lipinski definition) is 2. The summed E-state index contributed by atoms with van der Waals surface area (Å²) in [5.74, 6) is -1.43. The van der Waals surface area contributed by atoms with Crippen molar-refractivity contribution in [1.29, 1.82) is 0 Å². The summed E-state index contributed by atoms with van der Waals surface area (Å²) in [6.07, 6.45) is -0.252. The van der Waals surface area contributed by atoms with Gasteiger partial charge in [0.15, 0.2) is 5.66 Å². The van der Waals surface area contributed by atoms with Gasteiger partial charge < -0.3 is 10.4 Å². The standard InChI is InChI=1S/C17H13BrClFN2O2/c18-9-17(8-15(23)24)21-14-6-5-10(19)7-12(14)16(22-17)11-3-1-2-4-13(11)20/h1-7,21H,8-9H2,(H,23,24). The van der Waals surface area contributed by atoms with Crippen LogP contribution in [0, 0.1) is 5.82 Å². The van der Waals surface area contributed by atoms with Gasteiger partial charge in [-0.25, -0.2) is 4.39 Å². The normalized spacial score (nSPS) is 19.2. The Morgan fingerprint density at radius 2 is 2.04 bits per heavy atom. The van der Waals surface area contributed by atoms with Gasteiger partial charge in [-0.15, -0.1) is 0 Å². The second kappa shape index (κ2) is 6.53. The van der Waals surface area contributed by atoms with Gasteiger partial charge in [-0.05, 0) is 30.3 Å². The molecule has 1 unspecified atom stereocenters. The molecule has 1 aliphatic heterocycles. The Morgan fingerprint density at radius 3 is 2.71 bits per heavy atom. The molecule has 1 atom stereocenters. The van der Waals surface area contributed by atoms with E-state index in [0.717, 1.165) is 0 Å². The van der Waals surface area contributed by atoms with E-state index in [4.69, 9.17) is 11.6 Å². The van der Waals surface area contributed by atoms with Gasteiger partial charge in [0.05, 0.1) is 12.1 Å². The molecule has 0 aliphatic carbocycles. The molecule has 2 aromatic carbocycles. The van der Waals surface area contributed by atoms with Crippen molar-refractivity contribution in [3.63, 3.8) is 0 Å². The Morgan fingerprint density at radius 1 is 1.29 bits per heavy atom. The number of rotatable bonds is 4.